The number of pyridine rings is 1. The highest BCUT2D eigenvalue weighted by molar-refractivity contribution is 6.29. The van der Waals surface area contributed by atoms with Crippen LogP contribution in [0.2, 0.25) is 5.15 Å². The van der Waals surface area contributed by atoms with Gasteiger partial charge in [0.05, 0.1) is 22.6 Å². The molecule has 5 rings (SSSR count). The van der Waals surface area contributed by atoms with E-state index in [0.717, 1.165) is 18.7 Å². The van der Waals surface area contributed by atoms with Gasteiger partial charge in [0.25, 0.3) is 5.56 Å². The van der Waals surface area contributed by atoms with Crippen molar-refractivity contribution in [2.75, 3.05) is 23.3 Å². The van der Waals surface area contributed by atoms with Crippen LogP contribution in [0.15, 0.2) is 29.1 Å². The van der Waals surface area contributed by atoms with E-state index in [-0.39, 0.29) is 16.4 Å². The van der Waals surface area contributed by atoms with E-state index in [4.69, 9.17) is 16.6 Å². The van der Waals surface area contributed by atoms with E-state index in [1.165, 1.54) is 18.6 Å². The summed E-state index contributed by atoms with van der Waals surface area (Å²) in [4.78, 5) is 23.7. The molecule has 1 aliphatic carbocycles. The molecule has 2 fully saturated rings. The van der Waals surface area contributed by atoms with Crippen LogP contribution >= 0.6 is 11.6 Å². The van der Waals surface area contributed by atoms with Gasteiger partial charge in [0.2, 0.25) is 5.95 Å². The minimum absolute atomic E-state index is 0.170. The first-order chi connectivity index (χ1) is 15.5. The topological polar surface area (TPSA) is 63.1 Å². The van der Waals surface area contributed by atoms with Gasteiger partial charge in [-0.05, 0) is 55.9 Å². The van der Waals surface area contributed by atoms with Crippen molar-refractivity contribution in [1.29, 1.82) is 0 Å². The van der Waals surface area contributed by atoms with E-state index in [1.54, 1.807) is 24.6 Å². The van der Waals surface area contributed by atoms with Crippen molar-refractivity contribution in [2.45, 2.75) is 32.5 Å². The second-order valence-corrected chi connectivity index (χ2v) is 9.47. The minimum atomic E-state index is -4.67. The number of nitrogens with one attached hydrogen (secondary N) is 1. The Kier molecular flexibility index (Phi) is 5.08. The second kappa shape index (κ2) is 7.62. The number of anilines is 2. The molecule has 0 spiro atoms. The molecule has 3 aromatic rings. The van der Waals surface area contributed by atoms with Crippen molar-refractivity contribution in [3.63, 3.8) is 0 Å². The third-order valence-electron chi connectivity index (χ3n) is 6.56. The quantitative estimate of drug-likeness (QED) is 0.539. The van der Waals surface area contributed by atoms with Gasteiger partial charge in [-0.3, -0.25) is 9.36 Å². The molecule has 174 valence electrons. The lowest BCUT2D eigenvalue weighted by molar-refractivity contribution is -0.140. The summed E-state index contributed by atoms with van der Waals surface area (Å²) in [7, 11) is 1.71. The number of halogens is 4. The summed E-state index contributed by atoms with van der Waals surface area (Å²) in [6.07, 6.45) is -3.44. The molecule has 1 saturated carbocycles. The maximum absolute atomic E-state index is 13.5. The molecule has 1 aromatic carbocycles. The molecule has 1 saturated heterocycles. The van der Waals surface area contributed by atoms with E-state index >= 15 is 0 Å². The van der Waals surface area contributed by atoms with Crippen LogP contribution in [0, 0.1) is 18.8 Å². The molecule has 0 amide bonds. The summed E-state index contributed by atoms with van der Waals surface area (Å²) in [5.74, 6) is 1.92. The summed E-state index contributed by atoms with van der Waals surface area (Å²) in [6.45, 7) is 5.34. The van der Waals surface area contributed by atoms with Gasteiger partial charge in [0.15, 0.2) is 5.69 Å². The Balaban J connectivity index is 1.59. The molecular weight excluding hydrogens is 455 g/mol. The molecule has 2 aliphatic rings. The average Bonchev–Trinajstić information content (AvgIpc) is 3.36. The van der Waals surface area contributed by atoms with Gasteiger partial charge in [-0.1, -0.05) is 17.7 Å². The maximum atomic E-state index is 13.5. The Morgan fingerprint density at radius 1 is 1.18 bits per heavy atom. The van der Waals surface area contributed by atoms with Gasteiger partial charge in [-0.25, -0.2) is 9.97 Å². The van der Waals surface area contributed by atoms with Crippen LogP contribution < -0.4 is 15.8 Å². The fraction of sp³-hybridized carbons (Fsp3) is 0.435. The number of hydrogen-bond donors (Lipinski definition) is 1. The highest BCUT2D eigenvalue weighted by atomic mass is 35.5. The van der Waals surface area contributed by atoms with E-state index in [1.807, 2.05) is 13.0 Å². The minimum Gasteiger partial charge on any atom is -0.377 e. The number of nitrogens with zero attached hydrogens (tertiary/aromatic N) is 4. The van der Waals surface area contributed by atoms with E-state index in [0.29, 0.717) is 34.3 Å². The van der Waals surface area contributed by atoms with Crippen molar-refractivity contribution in [1.82, 2.24) is 14.5 Å². The van der Waals surface area contributed by atoms with Crippen molar-refractivity contribution < 1.29 is 13.2 Å². The number of hydrogen-bond acceptors (Lipinski definition) is 5. The van der Waals surface area contributed by atoms with Crippen LogP contribution in [0.1, 0.15) is 36.2 Å². The number of aryl methyl sites for hydroxylation is 1. The molecule has 0 bridgehead atoms. The van der Waals surface area contributed by atoms with E-state index in [2.05, 4.69) is 15.2 Å². The number of piperidine rings is 1. The molecule has 10 heteroatoms. The summed E-state index contributed by atoms with van der Waals surface area (Å²) in [5.41, 5.74) is 0.533. The first kappa shape index (κ1) is 22.0. The van der Waals surface area contributed by atoms with Crippen molar-refractivity contribution >= 4 is 34.1 Å². The summed E-state index contributed by atoms with van der Waals surface area (Å²) < 4.78 is 42.2. The lowest BCUT2D eigenvalue weighted by atomic mass is 10.0. The fourth-order valence-corrected chi connectivity index (χ4v) is 4.94. The van der Waals surface area contributed by atoms with Crippen LogP contribution in [0.4, 0.5) is 24.8 Å². The Hall–Kier alpha value is -2.81. The van der Waals surface area contributed by atoms with Crippen molar-refractivity contribution in [2.24, 2.45) is 18.9 Å². The lowest BCUT2D eigenvalue weighted by Gasteiger charge is -2.24. The van der Waals surface area contributed by atoms with Crippen LogP contribution in [-0.2, 0) is 13.2 Å². The van der Waals surface area contributed by atoms with Crippen molar-refractivity contribution in [3.05, 3.63) is 56.6 Å². The Morgan fingerprint density at radius 3 is 2.55 bits per heavy atom. The fourth-order valence-electron chi connectivity index (χ4n) is 4.79. The average molecular weight is 478 g/mol. The molecule has 2 aromatic heterocycles. The van der Waals surface area contributed by atoms with Crippen LogP contribution in [-0.4, -0.2) is 27.6 Å². The summed E-state index contributed by atoms with van der Waals surface area (Å²) in [6, 6.07) is 5.63. The van der Waals surface area contributed by atoms with Crippen molar-refractivity contribution in [3.8, 4) is 0 Å². The molecule has 1 aliphatic heterocycles. The number of rotatable bonds is 4. The SMILES string of the molecule is Cc1cc([C@H](C)Nc2ccc(Cl)nc2C(F)(F)F)c2nc(N3CC4CC4C3)n(C)c(=O)c2c1. The first-order valence-corrected chi connectivity index (χ1v) is 11.2. The van der Waals surface area contributed by atoms with Crippen LogP contribution in [0.25, 0.3) is 10.9 Å². The van der Waals surface area contributed by atoms with Gasteiger partial charge < -0.3 is 10.2 Å². The zero-order chi connectivity index (χ0) is 23.7. The smallest absolute Gasteiger partial charge is 0.377 e. The highest BCUT2D eigenvalue weighted by Gasteiger charge is 2.46. The number of alkyl halides is 3. The highest BCUT2D eigenvalue weighted by Crippen LogP contribution is 2.46. The molecule has 3 heterocycles. The largest absolute Gasteiger partial charge is 0.435 e. The number of aromatic nitrogens is 3. The predicted molar refractivity (Wildman–Crippen MR) is 122 cm³/mol. The van der Waals surface area contributed by atoms with Crippen LogP contribution in [0.5, 0.6) is 0 Å². The molecular formula is C23H23ClF3N5O. The Bertz CT molecular complexity index is 1310. The molecule has 6 nitrogen and oxygen atoms in total. The molecule has 1 N–H and O–H groups in total. The zero-order valence-corrected chi connectivity index (χ0v) is 19.1. The van der Waals surface area contributed by atoms with Gasteiger partial charge in [0, 0.05) is 25.7 Å². The number of fused-ring (bicyclic) bond motifs is 2. The normalized spacial score (nSPS) is 20.8. The third kappa shape index (κ3) is 3.92. The van der Waals surface area contributed by atoms with Gasteiger partial charge in [0.1, 0.15) is 5.15 Å². The zero-order valence-electron chi connectivity index (χ0n) is 18.4. The lowest BCUT2D eigenvalue weighted by Crippen LogP contribution is -2.31. The van der Waals surface area contributed by atoms with Gasteiger partial charge in [-0.2, -0.15) is 13.2 Å². The Morgan fingerprint density at radius 2 is 1.88 bits per heavy atom. The summed E-state index contributed by atoms with van der Waals surface area (Å²) >= 11 is 5.71. The molecule has 2 unspecified atom stereocenters. The first-order valence-electron chi connectivity index (χ1n) is 10.8. The third-order valence-corrected chi connectivity index (χ3v) is 6.77. The standard InChI is InChI=1S/C23H23ClF3N5O/c1-11-6-15(12(2)28-17-4-5-18(24)29-20(17)23(25,26)27)19-16(7-11)21(33)31(3)22(30-19)32-9-13-8-14(13)10-32/h4-7,12-14,28H,8-10H2,1-3H3/t12-,13?,14?/m0/s1. The monoisotopic (exact) mass is 477 g/mol. The number of benzene rings is 1. The molecule has 0 radical (unpaired) electrons. The van der Waals surface area contributed by atoms with E-state index < -0.39 is 17.9 Å². The maximum Gasteiger partial charge on any atom is 0.435 e. The van der Waals surface area contributed by atoms with Gasteiger partial charge in [-0.15, -0.1) is 0 Å². The van der Waals surface area contributed by atoms with Crippen LogP contribution in [0.3, 0.4) is 0 Å². The Labute approximate surface area is 193 Å². The second-order valence-electron chi connectivity index (χ2n) is 9.08. The predicted octanol–water partition coefficient (Wildman–Crippen LogP) is 4.94. The molecule has 3 atom stereocenters. The van der Waals surface area contributed by atoms with E-state index in [9.17, 15) is 18.0 Å². The van der Waals surface area contributed by atoms with Gasteiger partial charge >= 0.3 is 6.18 Å². The molecule has 33 heavy (non-hydrogen) atoms. The summed E-state index contributed by atoms with van der Waals surface area (Å²) in [5, 5.41) is 3.12.